The van der Waals surface area contributed by atoms with Crippen molar-refractivity contribution in [2.75, 3.05) is 19.6 Å². The SMILES string of the molecule is CCN(CC)CCC[C@H](C)NC(=O)c1c(C)noc1-c1ccc(OC(F)(F)F)cc1. The van der Waals surface area contributed by atoms with Gasteiger partial charge in [0.15, 0.2) is 5.76 Å². The molecule has 166 valence electrons. The smallest absolute Gasteiger partial charge is 0.406 e. The van der Waals surface area contributed by atoms with Crippen molar-refractivity contribution in [2.24, 2.45) is 0 Å². The average Bonchev–Trinajstić information content (AvgIpc) is 3.06. The van der Waals surface area contributed by atoms with Gasteiger partial charge in [0.1, 0.15) is 11.3 Å². The third kappa shape index (κ3) is 6.76. The normalized spacial score (nSPS) is 12.8. The highest BCUT2D eigenvalue weighted by Gasteiger charge is 2.31. The molecule has 0 saturated heterocycles. The van der Waals surface area contributed by atoms with Crippen LogP contribution in [0.3, 0.4) is 0 Å². The Kier molecular flexibility index (Phi) is 8.28. The number of halogens is 3. The first-order valence-electron chi connectivity index (χ1n) is 10.00. The highest BCUT2D eigenvalue weighted by molar-refractivity contribution is 6.00. The van der Waals surface area contributed by atoms with Crippen LogP contribution in [-0.4, -0.2) is 48.0 Å². The zero-order valence-corrected chi connectivity index (χ0v) is 17.7. The maximum atomic E-state index is 12.8. The number of aromatic nitrogens is 1. The van der Waals surface area contributed by atoms with Crippen molar-refractivity contribution in [3.05, 3.63) is 35.5 Å². The van der Waals surface area contributed by atoms with Crippen LogP contribution in [0.1, 0.15) is 49.7 Å². The molecule has 30 heavy (non-hydrogen) atoms. The van der Waals surface area contributed by atoms with Gasteiger partial charge in [-0.05, 0) is 70.6 Å². The number of ether oxygens (including phenoxy) is 1. The summed E-state index contributed by atoms with van der Waals surface area (Å²) in [6.45, 7) is 10.8. The Morgan fingerprint density at radius 1 is 1.23 bits per heavy atom. The number of carbonyl (C=O) groups excluding carboxylic acids is 1. The number of nitrogens with zero attached hydrogens (tertiary/aromatic N) is 2. The number of hydrogen-bond donors (Lipinski definition) is 1. The maximum Gasteiger partial charge on any atom is 0.573 e. The van der Waals surface area contributed by atoms with Crippen molar-refractivity contribution in [1.29, 1.82) is 0 Å². The lowest BCUT2D eigenvalue weighted by Gasteiger charge is -2.19. The molecule has 0 aliphatic carbocycles. The summed E-state index contributed by atoms with van der Waals surface area (Å²) < 4.78 is 46.1. The molecule has 6 nitrogen and oxygen atoms in total. The van der Waals surface area contributed by atoms with Gasteiger partial charge in [-0.3, -0.25) is 4.79 Å². The summed E-state index contributed by atoms with van der Waals surface area (Å²) in [6, 6.07) is 5.07. The van der Waals surface area contributed by atoms with E-state index in [2.05, 4.69) is 34.0 Å². The van der Waals surface area contributed by atoms with Crippen LogP contribution in [0.4, 0.5) is 13.2 Å². The standard InChI is InChI=1S/C21H28F3N3O3/c1-5-27(6-2)13-7-8-14(3)25-20(28)18-15(4)26-30-19(18)16-9-11-17(12-10-16)29-21(22,23)24/h9-12,14H,5-8,13H2,1-4H3,(H,25,28)/t14-/m0/s1. The molecule has 0 aliphatic heterocycles. The Morgan fingerprint density at radius 2 is 1.87 bits per heavy atom. The van der Waals surface area contributed by atoms with Gasteiger partial charge in [-0.1, -0.05) is 19.0 Å². The largest absolute Gasteiger partial charge is 0.573 e. The van der Waals surface area contributed by atoms with Crippen LogP contribution in [0, 0.1) is 6.92 Å². The van der Waals surface area contributed by atoms with Crippen molar-refractivity contribution >= 4 is 5.91 Å². The van der Waals surface area contributed by atoms with Crippen LogP contribution in [-0.2, 0) is 0 Å². The first kappa shape index (κ1) is 23.7. The van der Waals surface area contributed by atoms with Crippen molar-refractivity contribution in [1.82, 2.24) is 15.4 Å². The monoisotopic (exact) mass is 427 g/mol. The van der Waals surface area contributed by atoms with E-state index in [0.29, 0.717) is 11.3 Å². The number of amides is 1. The molecule has 1 aromatic carbocycles. The molecule has 0 bridgehead atoms. The van der Waals surface area contributed by atoms with Crippen LogP contribution >= 0.6 is 0 Å². The first-order valence-corrected chi connectivity index (χ1v) is 10.00. The predicted molar refractivity (Wildman–Crippen MR) is 107 cm³/mol. The lowest BCUT2D eigenvalue weighted by Crippen LogP contribution is -2.34. The fourth-order valence-electron chi connectivity index (χ4n) is 3.17. The van der Waals surface area contributed by atoms with Crippen LogP contribution in [0.25, 0.3) is 11.3 Å². The molecule has 0 unspecified atom stereocenters. The lowest BCUT2D eigenvalue weighted by molar-refractivity contribution is -0.274. The molecule has 1 amide bonds. The highest BCUT2D eigenvalue weighted by Crippen LogP contribution is 2.29. The van der Waals surface area contributed by atoms with E-state index in [-0.39, 0.29) is 29.0 Å². The third-order valence-electron chi connectivity index (χ3n) is 4.82. The van der Waals surface area contributed by atoms with E-state index in [0.717, 1.165) is 44.6 Å². The molecule has 9 heteroatoms. The molecule has 0 aliphatic rings. The van der Waals surface area contributed by atoms with Gasteiger partial charge in [0, 0.05) is 11.6 Å². The van der Waals surface area contributed by atoms with Crippen LogP contribution in [0.2, 0.25) is 0 Å². The van der Waals surface area contributed by atoms with Crippen molar-refractivity contribution < 1.29 is 27.2 Å². The Labute approximate surface area is 174 Å². The first-order chi connectivity index (χ1) is 14.1. The Hall–Kier alpha value is -2.55. The number of benzene rings is 1. The fourth-order valence-corrected chi connectivity index (χ4v) is 3.17. The van der Waals surface area contributed by atoms with Gasteiger partial charge in [-0.15, -0.1) is 13.2 Å². The van der Waals surface area contributed by atoms with Crippen LogP contribution in [0.5, 0.6) is 5.75 Å². The van der Waals surface area contributed by atoms with Gasteiger partial charge in [-0.2, -0.15) is 0 Å². The van der Waals surface area contributed by atoms with E-state index in [4.69, 9.17) is 4.52 Å². The molecule has 1 heterocycles. The van der Waals surface area contributed by atoms with Crippen LogP contribution in [0.15, 0.2) is 28.8 Å². The van der Waals surface area contributed by atoms with E-state index in [1.807, 2.05) is 6.92 Å². The number of carbonyl (C=O) groups is 1. The minimum absolute atomic E-state index is 0.0437. The number of hydrogen-bond acceptors (Lipinski definition) is 5. The number of alkyl halides is 3. The Balaban J connectivity index is 2.05. The summed E-state index contributed by atoms with van der Waals surface area (Å²) in [5, 5.41) is 6.81. The second-order valence-corrected chi connectivity index (χ2v) is 7.09. The van der Waals surface area contributed by atoms with Gasteiger partial charge in [0.25, 0.3) is 5.91 Å². The summed E-state index contributed by atoms with van der Waals surface area (Å²) in [5.41, 5.74) is 1.12. The quantitative estimate of drug-likeness (QED) is 0.591. The molecule has 0 fully saturated rings. The van der Waals surface area contributed by atoms with Crippen molar-refractivity contribution in [3.63, 3.8) is 0 Å². The van der Waals surface area contributed by atoms with Gasteiger partial charge in [0.05, 0.1) is 5.69 Å². The van der Waals surface area contributed by atoms with Crippen molar-refractivity contribution in [2.45, 2.75) is 52.9 Å². The highest BCUT2D eigenvalue weighted by atomic mass is 19.4. The topological polar surface area (TPSA) is 67.6 Å². The Morgan fingerprint density at radius 3 is 2.43 bits per heavy atom. The van der Waals surface area contributed by atoms with E-state index >= 15 is 0 Å². The van der Waals surface area contributed by atoms with Gasteiger partial charge >= 0.3 is 6.36 Å². The number of nitrogens with one attached hydrogen (secondary N) is 1. The Bertz CT molecular complexity index is 815. The summed E-state index contributed by atoms with van der Waals surface area (Å²) in [7, 11) is 0. The van der Waals surface area contributed by atoms with Gasteiger partial charge < -0.3 is 19.5 Å². The third-order valence-corrected chi connectivity index (χ3v) is 4.82. The molecular formula is C21H28F3N3O3. The number of rotatable bonds is 10. The molecule has 1 aromatic heterocycles. The fraction of sp³-hybridized carbons (Fsp3) is 0.524. The summed E-state index contributed by atoms with van der Waals surface area (Å²) in [4.78, 5) is 15.1. The number of aryl methyl sites for hydroxylation is 1. The molecule has 2 rings (SSSR count). The summed E-state index contributed by atoms with van der Waals surface area (Å²) >= 11 is 0. The van der Waals surface area contributed by atoms with E-state index in [1.54, 1.807) is 6.92 Å². The minimum Gasteiger partial charge on any atom is -0.406 e. The van der Waals surface area contributed by atoms with Gasteiger partial charge in [-0.25, -0.2) is 0 Å². The molecular weight excluding hydrogens is 399 g/mol. The summed E-state index contributed by atoms with van der Waals surface area (Å²) in [6.07, 6.45) is -2.98. The molecule has 0 spiro atoms. The molecule has 0 radical (unpaired) electrons. The van der Waals surface area contributed by atoms with E-state index in [1.165, 1.54) is 12.1 Å². The second kappa shape index (κ2) is 10.5. The second-order valence-electron chi connectivity index (χ2n) is 7.09. The molecule has 2 aromatic rings. The van der Waals surface area contributed by atoms with Gasteiger partial charge in [0.2, 0.25) is 0 Å². The molecule has 1 N–H and O–H groups in total. The zero-order chi connectivity index (χ0) is 22.3. The van der Waals surface area contributed by atoms with E-state index in [9.17, 15) is 18.0 Å². The maximum absolute atomic E-state index is 12.8. The molecule has 0 saturated carbocycles. The lowest BCUT2D eigenvalue weighted by atomic mass is 10.1. The summed E-state index contributed by atoms with van der Waals surface area (Å²) in [5.74, 6) is -0.469. The van der Waals surface area contributed by atoms with Crippen molar-refractivity contribution in [3.8, 4) is 17.1 Å². The van der Waals surface area contributed by atoms with Crippen LogP contribution < -0.4 is 10.1 Å². The predicted octanol–water partition coefficient (Wildman–Crippen LogP) is 4.79. The molecule has 1 atom stereocenters. The van der Waals surface area contributed by atoms with E-state index < -0.39 is 6.36 Å². The minimum atomic E-state index is -4.77. The zero-order valence-electron chi connectivity index (χ0n) is 17.7. The average molecular weight is 427 g/mol.